The maximum Gasteiger partial charge on any atom is 0.418 e. The zero-order valence-electron chi connectivity index (χ0n) is 9.97. The van der Waals surface area contributed by atoms with Crippen molar-refractivity contribution < 1.29 is 22.6 Å². The molecule has 1 fully saturated rings. The van der Waals surface area contributed by atoms with Crippen molar-refractivity contribution in [1.29, 1.82) is 0 Å². The van der Waals surface area contributed by atoms with Crippen molar-refractivity contribution in [3.05, 3.63) is 28.2 Å². The van der Waals surface area contributed by atoms with Gasteiger partial charge in [0.05, 0.1) is 18.3 Å². The molecule has 19 heavy (non-hydrogen) atoms. The van der Waals surface area contributed by atoms with E-state index in [9.17, 15) is 13.2 Å². The van der Waals surface area contributed by atoms with Crippen molar-refractivity contribution in [3.8, 4) is 0 Å². The van der Waals surface area contributed by atoms with E-state index in [1.54, 1.807) is 6.07 Å². The lowest BCUT2D eigenvalue weighted by Gasteiger charge is -2.24. The fourth-order valence-corrected chi connectivity index (χ4v) is 2.15. The van der Waals surface area contributed by atoms with Crippen LogP contribution in [0, 0.1) is 0 Å². The highest BCUT2D eigenvalue weighted by atomic mass is 79.9. The Morgan fingerprint density at radius 1 is 1.37 bits per heavy atom. The van der Waals surface area contributed by atoms with Crippen molar-refractivity contribution in [2.75, 3.05) is 25.3 Å². The second-order valence-corrected chi connectivity index (χ2v) is 5.09. The van der Waals surface area contributed by atoms with Gasteiger partial charge in [-0.25, -0.2) is 0 Å². The van der Waals surface area contributed by atoms with Crippen LogP contribution in [0.25, 0.3) is 0 Å². The van der Waals surface area contributed by atoms with E-state index in [1.807, 2.05) is 0 Å². The van der Waals surface area contributed by atoms with Crippen LogP contribution in [0.4, 0.5) is 18.9 Å². The fourth-order valence-electron chi connectivity index (χ4n) is 1.79. The third-order valence-electron chi connectivity index (χ3n) is 2.78. The quantitative estimate of drug-likeness (QED) is 0.911. The highest BCUT2D eigenvalue weighted by Gasteiger charge is 2.33. The number of hydrogen-bond acceptors (Lipinski definition) is 3. The van der Waals surface area contributed by atoms with E-state index in [2.05, 4.69) is 21.2 Å². The Hall–Kier alpha value is -0.790. The smallest absolute Gasteiger partial charge is 0.382 e. The van der Waals surface area contributed by atoms with E-state index in [0.717, 1.165) is 6.07 Å². The lowest BCUT2D eigenvalue weighted by Crippen LogP contribution is -2.30. The normalized spacial score (nSPS) is 20.3. The Morgan fingerprint density at radius 2 is 2.16 bits per heavy atom. The van der Waals surface area contributed by atoms with Crippen LogP contribution >= 0.6 is 15.9 Å². The summed E-state index contributed by atoms with van der Waals surface area (Å²) in [4.78, 5) is 0. The summed E-state index contributed by atoms with van der Waals surface area (Å²) in [6.07, 6.45) is -3.84. The summed E-state index contributed by atoms with van der Waals surface area (Å²) >= 11 is 3.05. The van der Waals surface area contributed by atoms with Gasteiger partial charge in [0.15, 0.2) is 0 Å². The molecule has 1 atom stereocenters. The number of nitrogens with one attached hydrogen (secondary N) is 1. The predicted octanol–water partition coefficient (Wildman–Crippen LogP) is 3.64. The lowest BCUT2D eigenvalue weighted by atomic mass is 10.1. The first-order chi connectivity index (χ1) is 8.97. The number of hydrogen-bond donors (Lipinski definition) is 1. The minimum atomic E-state index is -4.39. The molecule has 0 radical (unpaired) electrons. The Labute approximate surface area is 117 Å². The maximum absolute atomic E-state index is 12.9. The minimum Gasteiger partial charge on any atom is -0.382 e. The molecule has 1 aromatic carbocycles. The van der Waals surface area contributed by atoms with E-state index < -0.39 is 11.7 Å². The Kier molecular flexibility index (Phi) is 4.70. The van der Waals surface area contributed by atoms with Gasteiger partial charge in [0.2, 0.25) is 0 Å². The summed E-state index contributed by atoms with van der Waals surface area (Å²) in [5, 5.41) is 2.80. The number of anilines is 1. The van der Waals surface area contributed by atoms with Gasteiger partial charge in [-0.1, -0.05) is 15.9 Å². The fraction of sp³-hybridized carbons (Fsp3) is 0.500. The van der Waals surface area contributed by atoms with Crippen molar-refractivity contribution in [2.45, 2.75) is 18.7 Å². The predicted molar refractivity (Wildman–Crippen MR) is 67.9 cm³/mol. The zero-order chi connectivity index (χ0) is 13.9. The molecule has 1 saturated heterocycles. The number of ether oxygens (including phenoxy) is 2. The first-order valence-corrected chi connectivity index (χ1v) is 6.56. The van der Waals surface area contributed by atoms with Crippen LogP contribution in [0.2, 0.25) is 0 Å². The van der Waals surface area contributed by atoms with Crippen molar-refractivity contribution in [2.24, 2.45) is 0 Å². The van der Waals surface area contributed by atoms with Gasteiger partial charge in [-0.3, -0.25) is 0 Å². The second-order valence-electron chi connectivity index (χ2n) is 4.17. The highest BCUT2D eigenvalue weighted by molar-refractivity contribution is 9.10. The Bertz CT molecular complexity index is 433. The summed E-state index contributed by atoms with van der Waals surface area (Å²) in [5.74, 6) is 0. The third kappa shape index (κ3) is 4.09. The number of benzene rings is 1. The average molecular weight is 340 g/mol. The summed E-state index contributed by atoms with van der Waals surface area (Å²) < 4.78 is 49.3. The maximum atomic E-state index is 12.9. The molecule has 1 N–H and O–H groups in total. The van der Waals surface area contributed by atoms with Crippen LogP contribution in [0.15, 0.2) is 22.7 Å². The number of rotatable bonds is 3. The van der Waals surface area contributed by atoms with E-state index in [1.165, 1.54) is 6.07 Å². The van der Waals surface area contributed by atoms with Crippen LogP contribution in [0.3, 0.4) is 0 Å². The molecule has 1 aliphatic rings. The largest absolute Gasteiger partial charge is 0.418 e. The zero-order valence-corrected chi connectivity index (χ0v) is 11.6. The van der Waals surface area contributed by atoms with Gasteiger partial charge in [0.25, 0.3) is 0 Å². The van der Waals surface area contributed by atoms with Crippen LogP contribution < -0.4 is 5.32 Å². The number of alkyl halides is 3. The second kappa shape index (κ2) is 6.11. The topological polar surface area (TPSA) is 30.5 Å². The summed E-state index contributed by atoms with van der Waals surface area (Å²) in [6, 6.07) is 4.04. The molecule has 0 aromatic heterocycles. The SMILES string of the molecule is FC(F)(F)c1cc(Br)ccc1NCC1CCOCO1. The summed E-state index contributed by atoms with van der Waals surface area (Å²) in [7, 11) is 0. The van der Waals surface area contributed by atoms with Gasteiger partial charge in [-0.15, -0.1) is 0 Å². The van der Waals surface area contributed by atoms with Gasteiger partial charge < -0.3 is 14.8 Å². The molecule has 0 bridgehead atoms. The Morgan fingerprint density at radius 3 is 2.79 bits per heavy atom. The standard InChI is InChI=1S/C12H13BrF3NO2/c13-8-1-2-11(10(5-8)12(14,15)16)17-6-9-3-4-18-7-19-9/h1-2,5,9,17H,3-4,6-7H2. The molecule has 0 saturated carbocycles. The average Bonchev–Trinajstić information content (AvgIpc) is 2.37. The Balaban J connectivity index is 2.06. The minimum absolute atomic E-state index is 0.0609. The van der Waals surface area contributed by atoms with Gasteiger partial charge in [0.1, 0.15) is 6.79 Å². The van der Waals surface area contributed by atoms with Crippen LogP contribution in [0.1, 0.15) is 12.0 Å². The molecule has 106 valence electrons. The molecule has 1 unspecified atom stereocenters. The van der Waals surface area contributed by atoms with E-state index in [4.69, 9.17) is 9.47 Å². The van der Waals surface area contributed by atoms with E-state index >= 15 is 0 Å². The summed E-state index contributed by atoms with van der Waals surface area (Å²) in [5.41, 5.74) is -0.625. The van der Waals surface area contributed by atoms with Crippen molar-refractivity contribution >= 4 is 21.6 Å². The van der Waals surface area contributed by atoms with Gasteiger partial charge >= 0.3 is 6.18 Å². The molecule has 7 heteroatoms. The molecule has 0 aliphatic carbocycles. The molecular formula is C12H13BrF3NO2. The first kappa shape index (κ1) is 14.6. The lowest BCUT2D eigenvalue weighted by molar-refractivity contribution is -0.138. The number of halogens is 4. The molecular weight excluding hydrogens is 327 g/mol. The van der Waals surface area contributed by atoms with Crippen LogP contribution in [-0.4, -0.2) is 26.0 Å². The molecule has 0 spiro atoms. The monoisotopic (exact) mass is 339 g/mol. The summed E-state index contributed by atoms with van der Waals surface area (Å²) in [6.45, 7) is 1.09. The molecule has 1 aliphatic heterocycles. The van der Waals surface area contributed by atoms with Gasteiger partial charge in [0, 0.05) is 16.7 Å². The molecule has 1 aromatic rings. The van der Waals surface area contributed by atoms with Gasteiger partial charge in [-0.05, 0) is 24.6 Å². The third-order valence-corrected chi connectivity index (χ3v) is 3.27. The van der Waals surface area contributed by atoms with Crippen LogP contribution in [-0.2, 0) is 15.7 Å². The molecule has 2 rings (SSSR count). The molecule has 1 heterocycles. The van der Waals surface area contributed by atoms with E-state index in [-0.39, 0.29) is 18.6 Å². The van der Waals surface area contributed by atoms with Crippen LogP contribution in [0.5, 0.6) is 0 Å². The first-order valence-electron chi connectivity index (χ1n) is 5.77. The molecule has 0 amide bonds. The van der Waals surface area contributed by atoms with Crippen molar-refractivity contribution in [1.82, 2.24) is 0 Å². The van der Waals surface area contributed by atoms with E-state index in [0.29, 0.717) is 24.0 Å². The molecule has 3 nitrogen and oxygen atoms in total. The highest BCUT2D eigenvalue weighted by Crippen LogP contribution is 2.36. The van der Waals surface area contributed by atoms with Gasteiger partial charge in [-0.2, -0.15) is 13.2 Å². The van der Waals surface area contributed by atoms with Crippen molar-refractivity contribution in [3.63, 3.8) is 0 Å².